The van der Waals surface area contributed by atoms with Crippen molar-refractivity contribution in [1.82, 2.24) is 5.32 Å². The van der Waals surface area contributed by atoms with Gasteiger partial charge in [0.15, 0.2) is 0 Å². The third-order valence-electron chi connectivity index (χ3n) is 4.55. The zero-order valence-electron chi connectivity index (χ0n) is 14.2. The van der Waals surface area contributed by atoms with Gasteiger partial charge in [-0.25, -0.2) is 0 Å². The lowest BCUT2D eigenvalue weighted by molar-refractivity contribution is -0.0391. The molecule has 0 fully saturated rings. The van der Waals surface area contributed by atoms with Gasteiger partial charge in [0.1, 0.15) is 0 Å². The van der Waals surface area contributed by atoms with Gasteiger partial charge in [0.05, 0.1) is 5.60 Å². The Morgan fingerprint density at radius 1 is 1.19 bits per heavy atom. The molecule has 1 amide bonds. The zero-order valence-corrected chi connectivity index (χ0v) is 14.2. The largest absolute Gasteiger partial charge is 0.390 e. The van der Waals surface area contributed by atoms with Crippen molar-refractivity contribution in [3.63, 3.8) is 0 Å². The molecule has 118 valence electrons. The average Bonchev–Trinajstić information content (AvgIpc) is 2.79. The van der Waals surface area contributed by atoms with Crippen LogP contribution in [0.3, 0.4) is 0 Å². The predicted molar refractivity (Wildman–Crippen MR) is 87.4 cm³/mol. The number of aliphatic hydroxyl groups is 1. The molecule has 0 spiro atoms. The molecule has 0 saturated heterocycles. The van der Waals surface area contributed by atoms with E-state index in [1.807, 2.05) is 39.8 Å². The Hall–Kier alpha value is -1.35. The smallest absolute Gasteiger partial charge is 0.251 e. The Kier molecular flexibility index (Phi) is 5.57. The van der Waals surface area contributed by atoms with Crippen LogP contribution in [0.2, 0.25) is 0 Å². The lowest BCUT2D eigenvalue weighted by Gasteiger charge is -2.37. The maximum atomic E-state index is 11.6. The number of aryl methyl sites for hydroxylation is 1. The van der Waals surface area contributed by atoms with Crippen LogP contribution in [0.15, 0.2) is 18.2 Å². The summed E-state index contributed by atoms with van der Waals surface area (Å²) in [6.07, 6.45) is 1.76. The minimum Gasteiger partial charge on any atom is -0.390 e. The van der Waals surface area contributed by atoms with Crippen LogP contribution in [0, 0.1) is 5.41 Å². The van der Waals surface area contributed by atoms with Crippen molar-refractivity contribution in [2.45, 2.75) is 66.5 Å². The number of fused-ring (bicyclic) bond motifs is 1. The minimum absolute atomic E-state index is 0.0265. The minimum atomic E-state index is -0.707. The van der Waals surface area contributed by atoms with Crippen molar-refractivity contribution < 1.29 is 9.90 Å². The Morgan fingerprint density at radius 2 is 1.81 bits per heavy atom. The summed E-state index contributed by atoms with van der Waals surface area (Å²) in [4.78, 5) is 11.6. The number of carbonyl (C=O) groups excluding carboxylic acids is 1. The first-order chi connectivity index (χ1) is 9.71. The van der Waals surface area contributed by atoms with Gasteiger partial charge >= 0.3 is 0 Å². The van der Waals surface area contributed by atoms with Gasteiger partial charge in [-0.15, -0.1) is 0 Å². The molecule has 1 aromatic carbocycles. The number of amides is 1. The summed E-state index contributed by atoms with van der Waals surface area (Å²) in [7, 11) is 0. The van der Waals surface area contributed by atoms with E-state index in [1.165, 1.54) is 0 Å². The van der Waals surface area contributed by atoms with Crippen molar-refractivity contribution >= 4 is 5.91 Å². The van der Waals surface area contributed by atoms with Crippen LogP contribution < -0.4 is 5.32 Å². The second kappa shape index (κ2) is 6.61. The third kappa shape index (κ3) is 4.07. The normalized spacial score (nSPS) is 14.1. The van der Waals surface area contributed by atoms with E-state index in [0.717, 1.165) is 29.5 Å². The predicted octanol–water partition coefficient (Wildman–Crippen LogP) is 3.69. The van der Waals surface area contributed by atoms with Crippen molar-refractivity contribution in [2.75, 3.05) is 0 Å². The number of hydrogen-bond donors (Lipinski definition) is 2. The quantitative estimate of drug-likeness (QED) is 0.889. The average molecular weight is 291 g/mol. The summed E-state index contributed by atoms with van der Waals surface area (Å²) in [5, 5.41) is 13.0. The molecule has 2 N–H and O–H groups in total. The van der Waals surface area contributed by atoms with Crippen molar-refractivity contribution in [3.8, 4) is 0 Å². The van der Waals surface area contributed by atoms with Gasteiger partial charge in [0.2, 0.25) is 0 Å². The second-order valence-corrected chi connectivity index (χ2v) is 6.62. The molecule has 21 heavy (non-hydrogen) atoms. The van der Waals surface area contributed by atoms with Gasteiger partial charge < -0.3 is 10.4 Å². The molecule has 0 bridgehead atoms. The van der Waals surface area contributed by atoms with Gasteiger partial charge in [-0.2, -0.15) is 0 Å². The lowest BCUT2D eigenvalue weighted by atomic mass is 9.73. The molecule has 3 nitrogen and oxygen atoms in total. The van der Waals surface area contributed by atoms with Crippen LogP contribution in [0.4, 0.5) is 0 Å². The van der Waals surface area contributed by atoms with Crippen molar-refractivity contribution in [1.29, 1.82) is 0 Å². The fourth-order valence-electron chi connectivity index (χ4n) is 2.18. The summed E-state index contributed by atoms with van der Waals surface area (Å²) >= 11 is 0. The Morgan fingerprint density at radius 3 is 2.38 bits per heavy atom. The highest BCUT2D eigenvalue weighted by Crippen LogP contribution is 2.35. The first-order valence-electron chi connectivity index (χ1n) is 7.83. The molecule has 0 atom stereocenters. The van der Waals surface area contributed by atoms with E-state index in [2.05, 4.69) is 25.2 Å². The first-order valence-corrected chi connectivity index (χ1v) is 7.83. The van der Waals surface area contributed by atoms with Gasteiger partial charge in [-0.1, -0.05) is 39.8 Å². The standard InChI is InChI=1S/C16H23NO2.C2H6/c1-15(2,16(3,4)19)8-7-11-5-6-12-10-17-14(18)13(12)9-11;1-2/h5-6,9,19H,7-8,10H2,1-4H3,(H,17,18);1-2H3. The molecule has 1 aliphatic rings. The molecule has 1 heterocycles. The van der Waals surface area contributed by atoms with E-state index in [9.17, 15) is 9.90 Å². The second-order valence-electron chi connectivity index (χ2n) is 6.62. The van der Waals surface area contributed by atoms with E-state index < -0.39 is 5.60 Å². The molecular weight excluding hydrogens is 262 g/mol. The maximum absolute atomic E-state index is 11.6. The molecule has 2 rings (SSSR count). The van der Waals surface area contributed by atoms with E-state index in [-0.39, 0.29) is 11.3 Å². The molecular formula is C18H29NO2. The summed E-state index contributed by atoms with van der Waals surface area (Å²) < 4.78 is 0. The highest BCUT2D eigenvalue weighted by molar-refractivity contribution is 5.98. The highest BCUT2D eigenvalue weighted by Gasteiger charge is 2.34. The Balaban J connectivity index is 0.00000106. The zero-order chi connectivity index (χ0) is 16.3. The third-order valence-corrected chi connectivity index (χ3v) is 4.55. The summed E-state index contributed by atoms with van der Waals surface area (Å²) in [5.41, 5.74) is 2.18. The number of hydrogen-bond acceptors (Lipinski definition) is 2. The number of carbonyl (C=O) groups is 1. The van der Waals surface area contributed by atoms with Gasteiger partial charge in [-0.05, 0) is 49.3 Å². The van der Waals surface area contributed by atoms with E-state index in [1.54, 1.807) is 0 Å². The van der Waals surface area contributed by atoms with Crippen LogP contribution in [-0.4, -0.2) is 16.6 Å². The van der Waals surface area contributed by atoms with Crippen LogP contribution in [0.1, 0.15) is 69.4 Å². The number of nitrogens with one attached hydrogen (secondary N) is 1. The molecule has 0 aliphatic carbocycles. The monoisotopic (exact) mass is 291 g/mol. The molecule has 0 aromatic heterocycles. The summed E-state index contributed by atoms with van der Waals surface area (Å²) in [5.74, 6) is 0.0265. The SMILES string of the molecule is CC.CC(C)(O)C(C)(C)CCc1ccc2c(c1)C(=O)NC2. The lowest BCUT2D eigenvalue weighted by Crippen LogP contribution is -2.39. The molecule has 0 saturated carbocycles. The fourth-order valence-corrected chi connectivity index (χ4v) is 2.18. The van der Waals surface area contributed by atoms with Crippen molar-refractivity contribution in [3.05, 3.63) is 34.9 Å². The van der Waals surface area contributed by atoms with Crippen LogP contribution in [-0.2, 0) is 13.0 Å². The van der Waals surface area contributed by atoms with Gasteiger partial charge in [0.25, 0.3) is 5.91 Å². The Bertz CT molecular complexity index is 498. The summed E-state index contributed by atoms with van der Waals surface area (Å²) in [6.45, 7) is 12.5. The number of rotatable bonds is 4. The van der Waals surface area contributed by atoms with E-state index in [0.29, 0.717) is 6.54 Å². The molecule has 0 unspecified atom stereocenters. The topological polar surface area (TPSA) is 49.3 Å². The van der Waals surface area contributed by atoms with Gasteiger partial charge in [0, 0.05) is 12.1 Å². The molecule has 3 heteroatoms. The Labute approximate surface area is 128 Å². The van der Waals surface area contributed by atoms with E-state index in [4.69, 9.17) is 0 Å². The first kappa shape index (κ1) is 17.7. The summed E-state index contributed by atoms with van der Waals surface area (Å²) in [6, 6.07) is 6.09. The van der Waals surface area contributed by atoms with Crippen LogP contribution in [0.25, 0.3) is 0 Å². The highest BCUT2D eigenvalue weighted by atomic mass is 16.3. The molecule has 1 aliphatic heterocycles. The van der Waals surface area contributed by atoms with Crippen LogP contribution in [0.5, 0.6) is 0 Å². The molecule has 0 radical (unpaired) electrons. The fraction of sp³-hybridized carbons (Fsp3) is 0.611. The molecule has 1 aromatic rings. The van der Waals surface area contributed by atoms with Gasteiger partial charge in [-0.3, -0.25) is 4.79 Å². The number of benzene rings is 1. The van der Waals surface area contributed by atoms with Crippen LogP contribution >= 0.6 is 0 Å². The van der Waals surface area contributed by atoms with E-state index >= 15 is 0 Å². The van der Waals surface area contributed by atoms with Crippen molar-refractivity contribution in [2.24, 2.45) is 5.41 Å². The maximum Gasteiger partial charge on any atom is 0.251 e.